The van der Waals surface area contributed by atoms with Crippen molar-refractivity contribution in [3.05, 3.63) is 60.2 Å². The summed E-state index contributed by atoms with van der Waals surface area (Å²) >= 11 is 0. The second-order valence-corrected chi connectivity index (χ2v) is 9.83. The molecule has 0 fully saturated rings. The molecule has 5 nitrogen and oxygen atoms in total. The van der Waals surface area contributed by atoms with Gasteiger partial charge in [-0.2, -0.15) is 0 Å². The van der Waals surface area contributed by atoms with Crippen LogP contribution in [0.3, 0.4) is 0 Å². The Morgan fingerprint density at radius 1 is 1.04 bits per heavy atom. The third-order valence-electron chi connectivity index (χ3n) is 4.51. The summed E-state index contributed by atoms with van der Waals surface area (Å²) < 4.78 is 27.8. The lowest BCUT2D eigenvalue weighted by Gasteiger charge is -2.23. The lowest BCUT2D eigenvalue weighted by Crippen LogP contribution is -2.40. The van der Waals surface area contributed by atoms with Crippen LogP contribution in [0.4, 0.5) is 5.69 Å². The zero-order valence-electron chi connectivity index (χ0n) is 17.2. The Labute approximate surface area is 168 Å². The number of rotatable bonds is 7. The van der Waals surface area contributed by atoms with Crippen molar-refractivity contribution in [3.8, 4) is 0 Å². The normalized spacial score (nSPS) is 14.3. The van der Waals surface area contributed by atoms with Crippen LogP contribution >= 0.6 is 0 Å². The van der Waals surface area contributed by atoms with E-state index in [9.17, 15) is 13.2 Å². The standard InChI is InChI=1S/C22H30N2O3S/c1-6-16(2)20(17-11-8-7-9-12-17)21(25)23-18-13-10-14-19(15-18)28(26,27)24-22(3,4)5/h7-16,20,24H,6H2,1-5H3,(H,23,25). The van der Waals surface area contributed by atoms with Gasteiger partial charge in [0, 0.05) is 11.2 Å². The van der Waals surface area contributed by atoms with Gasteiger partial charge in [0.25, 0.3) is 0 Å². The Balaban J connectivity index is 2.28. The number of hydrogen-bond acceptors (Lipinski definition) is 3. The molecule has 2 N–H and O–H groups in total. The van der Waals surface area contributed by atoms with Crippen LogP contribution in [0.2, 0.25) is 0 Å². The summed E-state index contributed by atoms with van der Waals surface area (Å²) in [7, 11) is -3.67. The topological polar surface area (TPSA) is 75.3 Å². The van der Waals surface area contributed by atoms with E-state index >= 15 is 0 Å². The predicted octanol–water partition coefficient (Wildman–Crippen LogP) is 4.53. The summed E-state index contributed by atoms with van der Waals surface area (Å²) in [5, 5.41) is 2.90. The summed E-state index contributed by atoms with van der Waals surface area (Å²) in [5.41, 5.74) is 0.825. The van der Waals surface area contributed by atoms with E-state index in [4.69, 9.17) is 0 Å². The van der Waals surface area contributed by atoms with E-state index in [0.717, 1.165) is 12.0 Å². The van der Waals surface area contributed by atoms with Gasteiger partial charge in [-0.1, -0.05) is 56.7 Å². The lowest BCUT2D eigenvalue weighted by atomic mass is 9.85. The van der Waals surface area contributed by atoms with Gasteiger partial charge in [-0.3, -0.25) is 4.79 Å². The number of nitrogens with one attached hydrogen (secondary N) is 2. The molecule has 152 valence electrons. The van der Waals surface area contributed by atoms with Gasteiger partial charge in [0.15, 0.2) is 0 Å². The van der Waals surface area contributed by atoms with Gasteiger partial charge in [0.05, 0.1) is 10.8 Å². The molecule has 0 bridgehead atoms. The van der Waals surface area contributed by atoms with Gasteiger partial charge in [0.2, 0.25) is 15.9 Å². The number of anilines is 1. The highest BCUT2D eigenvalue weighted by Gasteiger charge is 2.27. The number of carbonyl (C=O) groups excluding carboxylic acids is 1. The molecule has 2 unspecified atom stereocenters. The fourth-order valence-electron chi connectivity index (χ4n) is 3.06. The maximum absolute atomic E-state index is 13.0. The molecule has 0 radical (unpaired) electrons. The smallest absolute Gasteiger partial charge is 0.241 e. The van der Waals surface area contributed by atoms with Crippen LogP contribution in [0, 0.1) is 5.92 Å². The third kappa shape index (κ3) is 5.91. The van der Waals surface area contributed by atoms with Gasteiger partial charge >= 0.3 is 0 Å². The quantitative estimate of drug-likeness (QED) is 0.714. The van der Waals surface area contributed by atoms with Crippen LogP contribution in [-0.4, -0.2) is 19.9 Å². The molecule has 1 amide bonds. The average Bonchev–Trinajstić information content (AvgIpc) is 2.61. The predicted molar refractivity (Wildman–Crippen MR) is 114 cm³/mol. The van der Waals surface area contributed by atoms with Crippen LogP contribution in [-0.2, 0) is 14.8 Å². The zero-order chi connectivity index (χ0) is 20.9. The molecule has 0 heterocycles. The van der Waals surface area contributed by atoms with Crippen molar-refractivity contribution in [2.45, 2.75) is 57.4 Å². The molecule has 2 aromatic rings. The van der Waals surface area contributed by atoms with Crippen molar-refractivity contribution < 1.29 is 13.2 Å². The summed E-state index contributed by atoms with van der Waals surface area (Å²) in [6, 6.07) is 16.0. The van der Waals surface area contributed by atoms with Crippen molar-refractivity contribution >= 4 is 21.6 Å². The molecule has 2 aromatic carbocycles. The Bertz CT molecular complexity index is 903. The number of sulfonamides is 1. The molecule has 2 atom stereocenters. The number of hydrogen-bond donors (Lipinski definition) is 2. The van der Waals surface area contributed by atoms with Crippen LogP contribution < -0.4 is 10.0 Å². The Hall–Kier alpha value is -2.18. The number of benzene rings is 2. The van der Waals surface area contributed by atoms with Gasteiger partial charge < -0.3 is 5.32 Å². The van der Waals surface area contributed by atoms with Crippen LogP contribution in [0.5, 0.6) is 0 Å². The zero-order valence-corrected chi connectivity index (χ0v) is 18.0. The van der Waals surface area contributed by atoms with Gasteiger partial charge in [-0.05, 0) is 50.5 Å². The van der Waals surface area contributed by atoms with Crippen molar-refractivity contribution in [3.63, 3.8) is 0 Å². The molecule has 0 saturated heterocycles. The first-order valence-corrected chi connectivity index (χ1v) is 11.0. The molecular weight excluding hydrogens is 372 g/mol. The van der Waals surface area contributed by atoms with E-state index in [1.807, 2.05) is 37.3 Å². The molecule has 0 saturated carbocycles. The summed E-state index contributed by atoms with van der Waals surface area (Å²) in [6.45, 7) is 9.46. The van der Waals surface area contributed by atoms with E-state index in [2.05, 4.69) is 17.0 Å². The minimum atomic E-state index is -3.67. The SMILES string of the molecule is CCC(C)C(C(=O)Nc1cccc(S(=O)(=O)NC(C)(C)C)c1)c1ccccc1. The van der Waals surface area contributed by atoms with E-state index in [1.54, 1.807) is 32.9 Å². The highest BCUT2D eigenvalue weighted by atomic mass is 32.2. The molecule has 0 aromatic heterocycles. The molecule has 6 heteroatoms. The van der Waals surface area contributed by atoms with Crippen molar-refractivity contribution in [2.24, 2.45) is 5.92 Å². The fraction of sp³-hybridized carbons (Fsp3) is 0.409. The fourth-order valence-corrected chi connectivity index (χ4v) is 4.52. The first kappa shape index (κ1) is 22.1. The van der Waals surface area contributed by atoms with E-state index in [1.165, 1.54) is 12.1 Å². The second-order valence-electron chi connectivity index (χ2n) is 8.15. The summed E-state index contributed by atoms with van der Waals surface area (Å²) in [4.78, 5) is 13.2. The van der Waals surface area contributed by atoms with Crippen LogP contribution in [0.1, 0.15) is 52.5 Å². The second kappa shape index (κ2) is 8.88. The van der Waals surface area contributed by atoms with Crippen molar-refractivity contribution in [2.75, 3.05) is 5.32 Å². The van der Waals surface area contributed by atoms with E-state index in [-0.39, 0.29) is 22.6 Å². The molecule has 0 spiro atoms. The highest BCUT2D eigenvalue weighted by Crippen LogP contribution is 2.29. The maximum Gasteiger partial charge on any atom is 0.241 e. The van der Waals surface area contributed by atoms with Gasteiger partial charge in [0.1, 0.15) is 0 Å². The average molecular weight is 403 g/mol. The van der Waals surface area contributed by atoms with Gasteiger partial charge in [-0.25, -0.2) is 13.1 Å². The molecule has 0 aliphatic rings. The van der Waals surface area contributed by atoms with E-state index < -0.39 is 15.6 Å². The third-order valence-corrected chi connectivity index (χ3v) is 6.26. The largest absolute Gasteiger partial charge is 0.326 e. The minimum Gasteiger partial charge on any atom is -0.326 e. The van der Waals surface area contributed by atoms with Crippen molar-refractivity contribution in [1.82, 2.24) is 4.72 Å². The molecule has 2 rings (SSSR count). The molecule has 0 aliphatic carbocycles. The first-order chi connectivity index (χ1) is 13.0. The maximum atomic E-state index is 13.0. The Kier molecular flexibility index (Phi) is 7.01. The number of carbonyl (C=O) groups is 1. The van der Waals surface area contributed by atoms with Crippen LogP contribution in [0.15, 0.2) is 59.5 Å². The number of amides is 1. The highest BCUT2D eigenvalue weighted by molar-refractivity contribution is 7.89. The Morgan fingerprint density at radius 2 is 1.68 bits per heavy atom. The monoisotopic (exact) mass is 402 g/mol. The van der Waals surface area contributed by atoms with Crippen molar-refractivity contribution in [1.29, 1.82) is 0 Å². The molecule has 28 heavy (non-hydrogen) atoms. The first-order valence-electron chi connectivity index (χ1n) is 9.53. The molecule has 0 aliphatic heterocycles. The lowest BCUT2D eigenvalue weighted by molar-refractivity contribution is -0.118. The molecular formula is C22H30N2O3S. The Morgan fingerprint density at radius 3 is 2.25 bits per heavy atom. The van der Waals surface area contributed by atoms with E-state index in [0.29, 0.717) is 5.69 Å². The summed E-state index contributed by atoms with van der Waals surface area (Å²) in [6.07, 6.45) is 0.858. The summed E-state index contributed by atoms with van der Waals surface area (Å²) in [5.74, 6) is -0.296. The minimum absolute atomic E-state index is 0.125. The van der Waals surface area contributed by atoms with Gasteiger partial charge in [-0.15, -0.1) is 0 Å². The van der Waals surface area contributed by atoms with Crippen LogP contribution in [0.25, 0.3) is 0 Å².